The molecule has 0 aliphatic carbocycles. The molecule has 132 valence electrons. The number of rotatable bonds is 3. The third-order valence-electron chi connectivity index (χ3n) is 4.66. The smallest absolute Gasteiger partial charge is 0.340 e. The minimum absolute atomic E-state index is 0.198. The third-order valence-corrected chi connectivity index (χ3v) is 5.13. The number of carboxylic acids is 1. The van der Waals surface area contributed by atoms with Crippen molar-refractivity contribution in [1.29, 1.82) is 0 Å². The normalized spacial score (nSPS) is 14.2. The Morgan fingerprint density at radius 2 is 1.77 bits per heavy atom. The predicted octanol–water partition coefficient (Wildman–Crippen LogP) is 5.51. The monoisotopic (exact) mass is 386 g/mol. The van der Waals surface area contributed by atoms with Crippen LogP contribution in [0.5, 0.6) is 0 Å². The molecule has 4 nitrogen and oxygen atoms in total. The van der Waals surface area contributed by atoms with Crippen LogP contribution in [0.3, 0.4) is 0 Å². The van der Waals surface area contributed by atoms with E-state index >= 15 is 0 Å². The van der Waals surface area contributed by atoms with Crippen LogP contribution in [0, 0.1) is 0 Å². The molecule has 0 unspecified atom stereocenters. The highest BCUT2D eigenvalue weighted by atomic mass is 35.5. The van der Waals surface area contributed by atoms with Gasteiger partial charge in [0.05, 0.1) is 5.52 Å². The largest absolute Gasteiger partial charge is 0.478 e. The number of carboxylic acid groups (broad SMARTS) is 1. The fourth-order valence-corrected chi connectivity index (χ4v) is 3.89. The fraction of sp³-hybridized carbons (Fsp3) is 0.200. The molecule has 4 rings (SSSR count). The topological polar surface area (TPSA) is 53.4 Å². The fourth-order valence-electron chi connectivity index (χ4n) is 3.53. The summed E-state index contributed by atoms with van der Waals surface area (Å²) in [7, 11) is 0. The number of halogens is 2. The van der Waals surface area contributed by atoms with Crippen LogP contribution < -0.4 is 4.90 Å². The second-order valence-electron chi connectivity index (χ2n) is 6.36. The molecule has 1 fully saturated rings. The van der Waals surface area contributed by atoms with Crippen LogP contribution in [-0.2, 0) is 0 Å². The molecule has 1 aromatic heterocycles. The molecule has 1 aliphatic heterocycles. The van der Waals surface area contributed by atoms with Gasteiger partial charge in [-0.15, -0.1) is 0 Å². The van der Waals surface area contributed by atoms with E-state index in [4.69, 9.17) is 23.2 Å². The van der Waals surface area contributed by atoms with Gasteiger partial charge in [-0.25, -0.2) is 9.78 Å². The molecule has 6 heteroatoms. The number of anilines is 1. The molecule has 0 saturated carbocycles. The lowest BCUT2D eigenvalue weighted by molar-refractivity contribution is 0.0698. The van der Waals surface area contributed by atoms with E-state index in [1.54, 1.807) is 24.3 Å². The number of fused-ring (bicyclic) bond motifs is 1. The molecule has 0 spiro atoms. The van der Waals surface area contributed by atoms with Crippen molar-refractivity contribution in [3.63, 3.8) is 0 Å². The molecular weight excluding hydrogens is 371 g/mol. The molecule has 1 N–H and O–H groups in total. The first-order valence-electron chi connectivity index (χ1n) is 8.42. The van der Waals surface area contributed by atoms with Crippen LogP contribution in [0.25, 0.3) is 22.0 Å². The number of hydrogen-bond acceptors (Lipinski definition) is 3. The Hall–Kier alpha value is -2.30. The standard InChI is InChI=1S/C20H16Cl2N2O2/c21-13-5-3-4-12(10-13)17-15-11-14(22)6-7-16(15)23-19(18(17)20(25)26)24-8-1-2-9-24/h3-7,10-11H,1-2,8-9H2,(H,25,26). The van der Waals surface area contributed by atoms with Gasteiger partial charge in [0, 0.05) is 34.1 Å². The highest BCUT2D eigenvalue weighted by molar-refractivity contribution is 6.32. The Morgan fingerprint density at radius 3 is 2.46 bits per heavy atom. The van der Waals surface area contributed by atoms with Crippen LogP contribution in [0.1, 0.15) is 23.2 Å². The van der Waals surface area contributed by atoms with Gasteiger partial charge in [0.1, 0.15) is 11.4 Å². The maximum atomic E-state index is 12.3. The highest BCUT2D eigenvalue weighted by Crippen LogP contribution is 2.39. The summed E-state index contributed by atoms with van der Waals surface area (Å²) in [5, 5.41) is 11.8. The quantitative estimate of drug-likeness (QED) is 0.644. The van der Waals surface area contributed by atoms with Crippen LogP contribution in [0.15, 0.2) is 42.5 Å². The summed E-state index contributed by atoms with van der Waals surface area (Å²) in [4.78, 5) is 19.0. The first-order chi connectivity index (χ1) is 12.5. The molecule has 3 aromatic rings. The third kappa shape index (κ3) is 3.00. The second kappa shape index (κ2) is 6.78. The van der Waals surface area contributed by atoms with Crippen LogP contribution in [0.2, 0.25) is 10.0 Å². The Morgan fingerprint density at radius 1 is 1.04 bits per heavy atom. The van der Waals surface area contributed by atoms with E-state index in [2.05, 4.69) is 4.98 Å². The number of carbonyl (C=O) groups is 1. The molecule has 0 radical (unpaired) electrons. The summed E-state index contributed by atoms with van der Waals surface area (Å²) < 4.78 is 0. The maximum Gasteiger partial charge on any atom is 0.340 e. The summed E-state index contributed by atoms with van der Waals surface area (Å²) in [6.07, 6.45) is 2.07. The Bertz CT molecular complexity index is 1010. The van der Waals surface area contributed by atoms with Crippen LogP contribution in [-0.4, -0.2) is 29.1 Å². The lowest BCUT2D eigenvalue weighted by Gasteiger charge is -2.22. The van der Waals surface area contributed by atoms with Crippen LogP contribution in [0.4, 0.5) is 5.82 Å². The van der Waals surface area contributed by atoms with Crippen molar-refractivity contribution in [3.05, 3.63) is 58.1 Å². The van der Waals surface area contributed by atoms with Gasteiger partial charge in [-0.1, -0.05) is 35.3 Å². The SMILES string of the molecule is O=C(O)c1c(N2CCCC2)nc2ccc(Cl)cc2c1-c1cccc(Cl)c1. The molecular formula is C20H16Cl2N2O2. The number of aromatic carboxylic acids is 1. The zero-order valence-corrected chi connectivity index (χ0v) is 15.4. The van der Waals surface area contributed by atoms with Crippen molar-refractivity contribution >= 4 is 45.9 Å². The summed E-state index contributed by atoms with van der Waals surface area (Å²) in [5.74, 6) is -0.490. The summed E-state index contributed by atoms with van der Waals surface area (Å²) in [6.45, 7) is 1.61. The minimum atomic E-state index is -1.00. The van der Waals surface area contributed by atoms with Crippen molar-refractivity contribution in [2.24, 2.45) is 0 Å². The number of aromatic nitrogens is 1. The van der Waals surface area contributed by atoms with Gasteiger partial charge in [-0.05, 0) is 48.7 Å². The summed E-state index contributed by atoms with van der Waals surface area (Å²) in [6, 6.07) is 12.6. The van der Waals surface area contributed by atoms with Crippen LogP contribution >= 0.6 is 23.2 Å². The van der Waals surface area contributed by atoms with Crippen molar-refractivity contribution in [2.45, 2.75) is 12.8 Å². The number of benzene rings is 2. The Kier molecular flexibility index (Phi) is 4.47. The van der Waals surface area contributed by atoms with Gasteiger partial charge < -0.3 is 10.0 Å². The van der Waals surface area contributed by atoms with E-state index in [1.165, 1.54) is 0 Å². The number of pyridine rings is 1. The second-order valence-corrected chi connectivity index (χ2v) is 7.23. The van der Waals surface area contributed by atoms with E-state index in [1.807, 2.05) is 23.1 Å². The summed E-state index contributed by atoms with van der Waals surface area (Å²) in [5.41, 5.74) is 2.26. The Balaban J connectivity index is 2.12. The molecule has 26 heavy (non-hydrogen) atoms. The van der Waals surface area contributed by atoms with Gasteiger partial charge in [-0.3, -0.25) is 0 Å². The molecule has 1 saturated heterocycles. The predicted molar refractivity (Wildman–Crippen MR) is 106 cm³/mol. The van der Waals surface area contributed by atoms with Crippen molar-refractivity contribution < 1.29 is 9.90 Å². The van der Waals surface area contributed by atoms with Crippen molar-refractivity contribution in [2.75, 3.05) is 18.0 Å². The van der Waals surface area contributed by atoms with Gasteiger partial charge in [0.2, 0.25) is 0 Å². The summed E-state index contributed by atoms with van der Waals surface area (Å²) >= 11 is 12.4. The van der Waals surface area contributed by atoms with Gasteiger partial charge in [-0.2, -0.15) is 0 Å². The first-order valence-corrected chi connectivity index (χ1v) is 9.17. The van der Waals surface area contributed by atoms with Crippen molar-refractivity contribution in [1.82, 2.24) is 4.98 Å². The van der Waals surface area contributed by atoms with E-state index < -0.39 is 5.97 Å². The van der Waals surface area contributed by atoms with Gasteiger partial charge in [0.25, 0.3) is 0 Å². The lowest BCUT2D eigenvalue weighted by atomic mass is 9.95. The van der Waals surface area contributed by atoms with Crippen molar-refractivity contribution in [3.8, 4) is 11.1 Å². The van der Waals surface area contributed by atoms with E-state index in [9.17, 15) is 9.90 Å². The molecule has 2 heterocycles. The highest BCUT2D eigenvalue weighted by Gasteiger charge is 2.27. The number of nitrogens with zero attached hydrogens (tertiary/aromatic N) is 2. The first kappa shape index (κ1) is 17.1. The molecule has 1 aliphatic rings. The van der Waals surface area contributed by atoms with E-state index in [-0.39, 0.29) is 5.56 Å². The van der Waals surface area contributed by atoms with E-state index in [0.29, 0.717) is 26.8 Å². The lowest BCUT2D eigenvalue weighted by Crippen LogP contribution is -2.23. The molecule has 0 amide bonds. The molecule has 0 atom stereocenters. The maximum absolute atomic E-state index is 12.3. The average Bonchev–Trinajstić information content (AvgIpc) is 3.14. The van der Waals surface area contributed by atoms with Gasteiger partial charge >= 0.3 is 5.97 Å². The average molecular weight is 387 g/mol. The Labute approximate surface area is 161 Å². The molecule has 2 aromatic carbocycles. The zero-order valence-electron chi connectivity index (χ0n) is 13.9. The number of hydrogen-bond donors (Lipinski definition) is 1. The zero-order chi connectivity index (χ0) is 18.3. The van der Waals surface area contributed by atoms with E-state index in [0.717, 1.165) is 37.0 Å². The minimum Gasteiger partial charge on any atom is -0.478 e. The van der Waals surface area contributed by atoms with Gasteiger partial charge in [0.15, 0.2) is 0 Å². The molecule has 0 bridgehead atoms.